The van der Waals surface area contributed by atoms with Crippen molar-refractivity contribution in [3.05, 3.63) is 23.7 Å². The molecule has 0 bridgehead atoms. The van der Waals surface area contributed by atoms with Crippen LogP contribution in [0.3, 0.4) is 0 Å². The van der Waals surface area contributed by atoms with Crippen LogP contribution in [0.1, 0.15) is 44.3 Å². The average Bonchev–Trinajstić information content (AvgIpc) is 3.00. The van der Waals surface area contributed by atoms with Gasteiger partial charge in [0.2, 0.25) is 0 Å². The van der Waals surface area contributed by atoms with Crippen molar-refractivity contribution in [1.29, 1.82) is 0 Å². The number of guanidine groups is 1. The molecule has 1 atom stereocenters. The first-order valence-corrected chi connectivity index (χ1v) is 8.83. The number of furan rings is 1. The Morgan fingerprint density at radius 2 is 2.04 bits per heavy atom. The van der Waals surface area contributed by atoms with Crippen molar-refractivity contribution in [2.24, 2.45) is 4.99 Å². The molecule has 1 aromatic heterocycles. The van der Waals surface area contributed by atoms with Gasteiger partial charge in [0.05, 0.1) is 12.6 Å². The van der Waals surface area contributed by atoms with Crippen LogP contribution in [0.15, 0.2) is 21.5 Å². The lowest BCUT2D eigenvalue weighted by Crippen LogP contribution is -2.51. The highest BCUT2D eigenvalue weighted by molar-refractivity contribution is 5.80. The first-order valence-electron chi connectivity index (χ1n) is 8.83. The third-order valence-corrected chi connectivity index (χ3v) is 4.79. The minimum atomic E-state index is 0.0708. The van der Waals surface area contributed by atoms with E-state index in [9.17, 15) is 0 Å². The zero-order valence-corrected chi connectivity index (χ0v) is 15.7. The van der Waals surface area contributed by atoms with E-state index in [-0.39, 0.29) is 11.6 Å². The van der Waals surface area contributed by atoms with Crippen LogP contribution in [-0.2, 0) is 4.74 Å². The van der Waals surface area contributed by atoms with Crippen molar-refractivity contribution in [1.82, 2.24) is 15.5 Å². The maximum absolute atomic E-state index is 5.71. The summed E-state index contributed by atoms with van der Waals surface area (Å²) >= 11 is 0. The molecule has 2 N–H and O–H groups in total. The van der Waals surface area contributed by atoms with Gasteiger partial charge in [-0.15, -0.1) is 0 Å². The number of hydrogen-bond donors (Lipinski definition) is 2. The van der Waals surface area contributed by atoms with Gasteiger partial charge in [0, 0.05) is 25.3 Å². The first kappa shape index (κ1) is 18.8. The Kier molecular flexibility index (Phi) is 6.69. The second-order valence-electron chi connectivity index (χ2n) is 6.74. The van der Waals surface area contributed by atoms with E-state index < -0.39 is 0 Å². The molecule has 1 aromatic rings. The van der Waals surface area contributed by atoms with Crippen molar-refractivity contribution in [3.8, 4) is 0 Å². The molecular weight excluding hydrogens is 304 g/mol. The molecule has 1 fully saturated rings. The van der Waals surface area contributed by atoms with Crippen LogP contribution in [0.5, 0.6) is 0 Å². The van der Waals surface area contributed by atoms with E-state index >= 15 is 0 Å². The molecule has 0 spiro atoms. The summed E-state index contributed by atoms with van der Waals surface area (Å²) < 4.78 is 11.2. The van der Waals surface area contributed by atoms with Gasteiger partial charge < -0.3 is 24.7 Å². The molecule has 0 aliphatic carbocycles. The maximum Gasteiger partial charge on any atom is 0.191 e. The number of likely N-dealkylation sites (N-methyl/N-ethyl adjacent to an activating group) is 1. The molecule has 6 heteroatoms. The van der Waals surface area contributed by atoms with Crippen LogP contribution < -0.4 is 10.6 Å². The van der Waals surface area contributed by atoms with E-state index in [4.69, 9.17) is 14.1 Å². The minimum Gasteiger partial charge on any atom is -0.464 e. The summed E-state index contributed by atoms with van der Waals surface area (Å²) in [6.45, 7) is 9.31. The molecule has 0 radical (unpaired) electrons. The SMILES string of the molecule is CCNC(=NCC1(N(C)C)CCOCC1)NC(C)c1ccc(C)o1. The van der Waals surface area contributed by atoms with E-state index in [2.05, 4.69) is 43.5 Å². The second kappa shape index (κ2) is 8.53. The second-order valence-corrected chi connectivity index (χ2v) is 6.74. The number of hydrogen-bond acceptors (Lipinski definition) is 4. The normalized spacial score (nSPS) is 19.3. The van der Waals surface area contributed by atoms with Crippen LogP contribution in [0.4, 0.5) is 0 Å². The van der Waals surface area contributed by atoms with E-state index in [1.165, 1.54) is 0 Å². The molecule has 6 nitrogen and oxygen atoms in total. The predicted octanol–water partition coefficient (Wildman–Crippen LogP) is 2.31. The van der Waals surface area contributed by atoms with Gasteiger partial charge >= 0.3 is 0 Å². The topological polar surface area (TPSA) is 62.0 Å². The Morgan fingerprint density at radius 1 is 1.33 bits per heavy atom. The molecule has 0 amide bonds. The molecule has 2 heterocycles. The summed E-state index contributed by atoms with van der Waals surface area (Å²) in [6.07, 6.45) is 2.02. The number of nitrogens with zero attached hydrogens (tertiary/aromatic N) is 2. The summed E-state index contributed by atoms with van der Waals surface area (Å²) in [5, 5.41) is 6.77. The van der Waals surface area contributed by atoms with Gasteiger partial charge in [0.1, 0.15) is 11.5 Å². The van der Waals surface area contributed by atoms with Crippen molar-refractivity contribution in [2.75, 3.05) is 40.4 Å². The van der Waals surface area contributed by atoms with Crippen LogP contribution >= 0.6 is 0 Å². The molecule has 136 valence electrons. The molecule has 1 aliphatic rings. The van der Waals surface area contributed by atoms with E-state index in [0.29, 0.717) is 0 Å². The lowest BCUT2D eigenvalue weighted by molar-refractivity contribution is -0.00255. The Morgan fingerprint density at radius 3 is 2.58 bits per heavy atom. The zero-order valence-electron chi connectivity index (χ0n) is 15.7. The standard InChI is InChI=1S/C18H32N4O2/c1-6-19-17(21-15(3)16-8-7-14(2)24-16)20-13-18(22(4)5)9-11-23-12-10-18/h7-8,15H,6,9-13H2,1-5H3,(H2,19,20,21). The van der Waals surface area contributed by atoms with Crippen LogP contribution in [0.25, 0.3) is 0 Å². The van der Waals surface area contributed by atoms with E-state index in [0.717, 1.165) is 56.6 Å². The average molecular weight is 336 g/mol. The van der Waals surface area contributed by atoms with Gasteiger partial charge in [-0.2, -0.15) is 0 Å². The Bertz CT molecular complexity index is 533. The van der Waals surface area contributed by atoms with Gasteiger partial charge in [-0.25, -0.2) is 0 Å². The van der Waals surface area contributed by atoms with Gasteiger partial charge in [-0.3, -0.25) is 4.99 Å². The Hall–Kier alpha value is -1.53. The van der Waals surface area contributed by atoms with Gasteiger partial charge in [0.15, 0.2) is 5.96 Å². The quantitative estimate of drug-likeness (QED) is 0.617. The Labute approximate surface area is 145 Å². The number of nitrogens with one attached hydrogen (secondary N) is 2. The smallest absolute Gasteiger partial charge is 0.191 e. The fraction of sp³-hybridized carbons (Fsp3) is 0.722. The highest BCUT2D eigenvalue weighted by atomic mass is 16.5. The lowest BCUT2D eigenvalue weighted by atomic mass is 9.89. The van der Waals surface area contributed by atoms with E-state index in [1.54, 1.807) is 0 Å². The minimum absolute atomic E-state index is 0.0708. The zero-order chi connectivity index (χ0) is 17.6. The van der Waals surface area contributed by atoms with E-state index in [1.807, 2.05) is 19.1 Å². The van der Waals surface area contributed by atoms with Crippen LogP contribution in [0, 0.1) is 6.92 Å². The lowest BCUT2D eigenvalue weighted by Gasteiger charge is -2.41. The Balaban J connectivity index is 2.06. The van der Waals surface area contributed by atoms with Crippen molar-refractivity contribution in [2.45, 2.75) is 45.2 Å². The molecular formula is C18H32N4O2. The van der Waals surface area contributed by atoms with Crippen molar-refractivity contribution >= 4 is 5.96 Å². The molecule has 1 aliphatic heterocycles. The summed E-state index contributed by atoms with van der Waals surface area (Å²) in [7, 11) is 4.27. The molecule has 1 unspecified atom stereocenters. The fourth-order valence-electron chi connectivity index (χ4n) is 3.01. The molecule has 0 aromatic carbocycles. The van der Waals surface area contributed by atoms with Crippen LogP contribution in [-0.4, -0.2) is 56.8 Å². The largest absolute Gasteiger partial charge is 0.464 e. The molecule has 24 heavy (non-hydrogen) atoms. The number of rotatable bonds is 6. The highest BCUT2D eigenvalue weighted by Gasteiger charge is 2.34. The summed E-state index contributed by atoms with van der Waals surface area (Å²) in [6, 6.07) is 4.07. The predicted molar refractivity (Wildman–Crippen MR) is 97.4 cm³/mol. The monoisotopic (exact) mass is 336 g/mol. The van der Waals surface area contributed by atoms with Gasteiger partial charge in [-0.1, -0.05) is 0 Å². The number of aryl methyl sites for hydroxylation is 1. The fourth-order valence-corrected chi connectivity index (χ4v) is 3.01. The van der Waals surface area contributed by atoms with Crippen LogP contribution in [0.2, 0.25) is 0 Å². The van der Waals surface area contributed by atoms with Crippen molar-refractivity contribution in [3.63, 3.8) is 0 Å². The first-order chi connectivity index (χ1) is 11.5. The summed E-state index contributed by atoms with van der Waals surface area (Å²) in [4.78, 5) is 7.15. The number of ether oxygens (including phenoxy) is 1. The molecule has 2 rings (SSSR count). The third-order valence-electron chi connectivity index (χ3n) is 4.79. The summed E-state index contributed by atoms with van der Waals surface area (Å²) in [5.41, 5.74) is 0.0745. The van der Waals surface area contributed by atoms with Crippen molar-refractivity contribution < 1.29 is 9.15 Å². The third kappa shape index (κ3) is 4.74. The van der Waals surface area contributed by atoms with Gasteiger partial charge in [0.25, 0.3) is 0 Å². The molecule has 0 saturated carbocycles. The number of aliphatic imine (C=N–C) groups is 1. The highest BCUT2D eigenvalue weighted by Crippen LogP contribution is 2.26. The summed E-state index contributed by atoms with van der Waals surface area (Å²) in [5.74, 6) is 2.67. The van der Waals surface area contributed by atoms with Gasteiger partial charge in [-0.05, 0) is 59.8 Å². The maximum atomic E-state index is 5.71. The molecule has 1 saturated heterocycles.